The van der Waals surface area contributed by atoms with Gasteiger partial charge in [0.15, 0.2) is 0 Å². The molecule has 0 fully saturated rings. The van der Waals surface area contributed by atoms with Crippen LogP contribution in [-0.2, 0) is 5.41 Å². The van der Waals surface area contributed by atoms with Crippen LogP contribution in [0.1, 0.15) is 43.7 Å². The van der Waals surface area contributed by atoms with E-state index in [-0.39, 0.29) is 5.41 Å². The Morgan fingerprint density at radius 1 is 1.04 bits per heavy atom. The van der Waals surface area contributed by atoms with Crippen LogP contribution in [0.15, 0.2) is 42.5 Å². The molecule has 0 spiro atoms. The summed E-state index contributed by atoms with van der Waals surface area (Å²) in [4.78, 5) is 9.00. The highest BCUT2D eigenvalue weighted by atomic mass is 35.5. The highest BCUT2D eigenvalue weighted by Gasteiger charge is 2.44. The van der Waals surface area contributed by atoms with Crippen molar-refractivity contribution in [3.8, 4) is 11.3 Å². The van der Waals surface area contributed by atoms with Crippen molar-refractivity contribution in [1.82, 2.24) is 9.97 Å². The highest BCUT2D eigenvalue weighted by Crippen LogP contribution is 2.53. The van der Waals surface area contributed by atoms with Crippen LogP contribution in [0.3, 0.4) is 0 Å². The molecule has 2 nitrogen and oxygen atoms in total. The Bertz CT molecular complexity index is 1090. The van der Waals surface area contributed by atoms with E-state index in [1.807, 2.05) is 0 Å². The summed E-state index contributed by atoms with van der Waals surface area (Å²) in [5, 5.41) is 2.41. The van der Waals surface area contributed by atoms with Gasteiger partial charge in [0.05, 0.1) is 11.0 Å². The third-order valence-corrected chi connectivity index (χ3v) is 6.32. The van der Waals surface area contributed by atoms with Gasteiger partial charge in [-0.2, -0.15) is 0 Å². The lowest BCUT2D eigenvalue weighted by Crippen LogP contribution is -2.33. The van der Waals surface area contributed by atoms with Crippen LogP contribution in [-0.4, -0.2) is 9.97 Å². The Morgan fingerprint density at radius 3 is 2.73 bits per heavy atom. The molecule has 0 saturated carbocycles. The Balaban J connectivity index is 1.73. The highest BCUT2D eigenvalue weighted by molar-refractivity contribution is 6.28. The zero-order valence-electron chi connectivity index (χ0n) is 15.0. The van der Waals surface area contributed by atoms with Crippen molar-refractivity contribution in [1.29, 1.82) is 0 Å². The number of rotatable bonds is 1. The second-order valence-electron chi connectivity index (χ2n) is 7.97. The average molecular weight is 361 g/mol. The first kappa shape index (κ1) is 16.0. The molecule has 0 amide bonds. The molecule has 0 aliphatic heterocycles. The molecule has 0 bridgehead atoms. The molecule has 2 atom stereocenters. The van der Waals surface area contributed by atoms with E-state index in [0.717, 1.165) is 34.7 Å². The van der Waals surface area contributed by atoms with E-state index in [4.69, 9.17) is 11.6 Å². The van der Waals surface area contributed by atoms with Gasteiger partial charge in [-0.1, -0.05) is 62.4 Å². The standard InChI is InChI=1S/C23H21ClN2/c1-23(2)18-9-5-3-7-15(18)16-12-11-14(13-19(16)23)21-17-8-4-6-10-20(17)25-22(24)26-21/h3,5,7-13,15,18H,4,6H2,1-2H3. The summed E-state index contributed by atoms with van der Waals surface area (Å²) in [6.45, 7) is 4.71. The van der Waals surface area contributed by atoms with Crippen molar-refractivity contribution in [2.24, 2.45) is 5.92 Å². The maximum atomic E-state index is 6.23. The number of halogens is 1. The molecular weight excluding hydrogens is 340 g/mol. The maximum Gasteiger partial charge on any atom is 0.223 e. The topological polar surface area (TPSA) is 25.8 Å². The number of aromatic nitrogens is 2. The number of hydrogen-bond donors (Lipinski definition) is 0. The molecule has 3 aliphatic carbocycles. The summed E-state index contributed by atoms with van der Waals surface area (Å²) in [6.07, 6.45) is 15.5. The lowest BCUT2D eigenvalue weighted by Gasteiger charge is -2.29. The molecule has 2 aromatic rings. The van der Waals surface area contributed by atoms with Crippen LogP contribution in [0.2, 0.25) is 5.28 Å². The summed E-state index contributed by atoms with van der Waals surface area (Å²) in [5.41, 5.74) is 5.05. The Hall–Kier alpha value is -2.19. The van der Waals surface area contributed by atoms with E-state index in [9.17, 15) is 0 Å². The fraction of sp³-hybridized carbons (Fsp3) is 0.304. The third-order valence-electron chi connectivity index (χ3n) is 6.15. The average Bonchev–Trinajstić information content (AvgIpc) is 2.89. The number of benzene rings is 1. The van der Waals surface area contributed by atoms with Gasteiger partial charge in [0, 0.05) is 16.7 Å². The molecular formula is C23H21ClN2. The van der Waals surface area contributed by atoms with E-state index in [1.165, 1.54) is 11.1 Å². The number of nitrogens with zero attached hydrogens (tertiary/aromatic N) is 2. The van der Waals surface area contributed by atoms with Gasteiger partial charge in [-0.15, -0.1) is 0 Å². The lowest BCUT2D eigenvalue weighted by atomic mass is 9.74. The van der Waals surface area contributed by atoms with Crippen molar-refractivity contribution >= 4 is 23.8 Å². The van der Waals surface area contributed by atoms with E-state index in [2.05, 4.69) is 78.5 Å². The summed E-state index contributed by atoms with van der Waals surface area (Å²) in [7, 11) is 0. The van der Waals surface area contributed by atoms with Crippen LogP contribution in [0.25, 0.3) is 23.4 Å². The monoisotopic (exact) mass is 360 g/mol. The molecule has 1 aromatic heterocycles. The van der Waals surface area contributed by atoms with Gasteiger partial charge in [-0.3, -0.25) is 0 Å². The van der Waals surface area contributed by atoms with Gasteiger partial charge in [0.2, 0.25) is 5.28 Å². The smallest absolute Gasteiger partial charge is 0.218 e. The van der Waals surface area contributed by atoms with E-state index >= 15 is 0 Å². The van der Waals surface area contributed by atoms with Crippen molar-refractivity contribution < 1.29 is 0 Å². The van der Waals surface area contributed by atoms with E-state index in [1.54, 1.807) is 0 Å². The van der Waals surface area contributed by atoms with Gasteiger partial charge < -0.3 is 0 Å². The minimum Gasteiger partial charge on any atom is -0.218 e. The van der Waals surface area contributed by atoms with Crippen molar-refractivity contribution in [3.05, 3.63) is 69.5 Å². The molecule has 130 valence electrons. The minimum absolute atomic E-state index is 0.101. The SMILES string of the molecule is CC1(C)c2cc(-c3nc(Cl)nc4c3=CCCC=4)ccc2C2C=CC=CC21. The molecule has 0 saturated heterocycles. The van der Waals surface area contributed by atoms with E-state index < -0.39 is 0 Å². The zero-order chi connectivity index (χ0) is 17.9. The Morgan fingerprint density at radius 2 is 1.85 bits per heavy atom. The molecule has 0 radical (unpaired) electrons. The number of hydrogen-bond acceptors (Lipinski definition) is 2. The first-order valence-corrected chi connectivity index (χ1v) is 9.67. The molecule has 3 aliphatic rings. The summed E-state index contributed by atoms with van der Waals surface area (Å²) in [5.74, 6) is 0.988. The molecule has 2 unspecified atom stereocenters. The van der Waals surface area contributed by atoms with Crippen LogP contribution in [0.5, 0.6) is 0 Å². The third kappa shape index (κ3) is 2.25. The van der Waals surface area contributed by atoms with Crippen molar-refractivity contribution in [3.63, 3.8) is 0 Å². The quantitative estimate of drug-likeness (QED) is 0.710. The molecule has 1 heterocycles. The molecule has 0 N–H and O–H groups in total. The largest absolute Gasteiger partial charge is 0.223 e. The normalized spacial score (nSPS) is 24.3. The first-order chi connectivity index (χ1) is 12.6. The predicted octanol–water partition coefficient (Wildman–Crippen LogP) is 4.27. The second-order valence-corrected chi connectivity index (χ2v) is 8.31. The predicted molar refractivity (Wildman–Crippen MR) is 107 cm³/mol. The van der Waals surface area contributed by atoms with Crippen LogP contribution >= 0.6 is 11.6 Å². The molecule has 3 heteroatoms. The van der Waals surface area contributed by atoms with Crippen LogP contribution in [0.4, 0.5) is 0 Å². The van der Waals surface area contributed by atoms with Crippen LogP contribution in [0, 0.1) is 5.92 Å². The molecule has 26 heavy (non-hydrogen) atoms. The Kier molecular flexibility index (Phi) is 3.48. The fourth-order valence-corrected chi connectivity index (χ4v) is 4.98. The molecule has 1 aromatic carbocycles. The first-order valence-electron chi connectivity index (χ1n) is 9.29. The number of allylic oxidation sites excluding steroid dienone is 4. The minimum atomic E-state index is 0.101. The lowest BCUT2D eigenvalue weighted by molar-refractivity contribution is 0.394. The summed E-state index contributed by atoms with van der Waals surface area (Å²) < 4.78 is 0. The summed E-state index contributed by atoms with van der Waals surface area (Å²) in [6, 6.07) is 6.82. The molecule has 5 rings (SSSR count). The van der Waals surface area contributed by atoms with Gasteiger partial charge in [-0.05, 0) is 53.0 Å². The van der Waals surface area contributed by atoms with E-state index in [0.29, 0.717) is 17.1 Å². The van der Waals surface area contributed by atoms with Gasteiger partial charge in [0.25, 0.3) is 0 Å². The summed E-state index contributed by atoms with van der Waals surface area (Å²) >= 11 is 6.23. The van der Waals surface area contributed by atoms with Crippen LogP contribution < -0.4 is 10.6 Å². The zero-order valence-corrected chi connectivity index (χ0v) is 15.8. The number of fused-ring (bicyclic) bond motifs is 4. The van der Waals surface area contributed by atoms with Crippen molar-refractivity contribution in [2.75, 3.05) is 0 Å². The second kappa shape index (κ2) is 5.65. The van der Waals surface area contributed by atoms with Gasteiger partial charge in [0.1, 0.15) is 0 Å². The Labute approximate surface area is 158 Å². The van der Waals surface area contributed by atoms with Crippen molar-refractivity contribution in [2.45, 2.75) is 38.0 Å². The van der Waals surface area contributed by atoms with Gasteiger partial charge in [-0.25, -0.2) is 9.97 Å². The fourth-order valence-electron chi connectivity index (χ4n) is 4.81. The maximum absolute atomic E-state index is 6.23. The van der Waals surface area contributed by atoms with Gasteiger partial charge >= 0.3 is 0 Å².